The number of carbonyl (C=O) groups excluding carboxylic acids is 3. The van der Waals surface area contributed by atoms with E-state index in [9.17, 15) is 22.8 Å². The van der Waals surface area contributed by atoms with Crippen LogP contribution in [0.2, 0.25) is 0 Å². The first-order chi connectivity index (χ1) is 15.1. The number of para-hydroxylation sites is 1. The Hall–Kier alpha value is -3.96. The fraction of sp³-hybridized carbons (Fsp3) is 0.0952. The van der Waals surface area contributed by atoms with Gasteiger partial charge in [-0.05, 0) is 55.5 Å². The minimum Gasteiger partial charge on any atom is -0.459 e. The molecule has 166 valence electrons. The highest BCUT2D eigenvalue weighted by molar-refractivity contribution is 7.89. The number of hydrogen-bond acceptors (Lipinski definition) is 7. The molecule has 3 rings (SSSR count). The Labute approximate surface area is 183 Å². The number of nitrogens with one attached hydrogen (secondary N) is 2. The number of carbonyl (C=O) groups is 3. The van der Waals surface area contributed by atoms with Gasteiger partial charge in [-0.1, -0.05) is 12.1 Å². The largest absolute Gasteiger partial charge is 0.459 e. The highest BCUT2D eigenvalue weighted by atomic mass is 32.2. The Morgan fingerprint density at radius 3 is 2.28 bits per heavy atom. The van der Waals surface area contributed by atoms with Crippen LogP contribution in [0.15, 0.2) is 76.2 Å². The summed E-state index contributed by atoms with van der Waals surface area (Å²) in [6, 6.07) is 14.4. The SMILES string of the molecule is C[C@H](OC(=O)c1ccccc1NC(=O)c1ccco1)C(=O)Nc1ccc(S(N)(=O)=O)cc1. The molecule has 1 atom stereocenters. The Morgan fingerprint density at radius 1 is 0.969 bits per heavy atom. The second-order valence-corrected chi connectivity index (χ2v) is 8.14. The second-order valence-electron chi connectivity index (χ2n) is 6.58. The van der Waals surface area contributed by atoms with Gasteiger partial charge >= 0.3 is 5.97 Å². The molecule has 0 spiro atoms. The number of amides is 2. The average molecular weight is 457 g/mol. The van der Waals surface area contributed by atoms with E-state index in [4.69, 9.17) is 14.3 Å². The van der Waals surface area contributed by atoms with E-state index >= 15 is 0 Å². The highest BCUT2D eigenvalue weighted by Gasteiger charge is 2.22. The first-order valence-corrected chi connectivity index (χ1v) is 10.8. The van der Waals surface area contributed by atoms with Crippen molar-refractivity contribution in [2.75, 3.05) is 10.6 Å². The summed E-state index contributed by atoms with van der Waals surface area (Å²) in [5.74, 6) is -1.95. The van der Waals surface area contributed by atoms with Crippen LogP contribution in [0.25, 0.3) is 0 Å². The van der Waals surface area contributed by atoms with Gasteiger partial charge in [0.25, 0.3) is 11.8 Å². The Morgan fingerprint density at radius 2 is 1.66 bits per heavy atom. The molecule has 2 amide bonds. The predicted molar refractivity (Wildman–Crippen MR) is 114 cm³/mol. The summed E-state index contributed by atoms with van der Waals surface area (Å²) < 4.78 is 32.8. The molecular formula is C21H19N3O7S. The highest BCUT2D eigenvalue weighted by Crippen LogP contribution is 2.19. The topological polar surface area (TPSA) is 158 Å². The summed E-state index contributed by atoms with van der Waals surface area (Å²) in [5, 5.41) is 10.1. The predicted octanol–water partition coefficient (Wildman–Crippen LogP) is 2.36. The van der Waals surface area contributed by atoms with Crippen molar-refractivity contribution in [1.82, 2.24) is 0 Å². The van der Waals surface area contributed by atoms with Gasteiger partial charge in [-0.2, -0.15) is 0 Å². The number of furan rings is 1. The van der Waals surface area contributed by atoms with E-state index in [0.29, 0.717) is 0 Å². The van der Waals surface area contributed by atoms with Crippen LogP contribution in [0.1, 0.15) is 27.8 Å². The third-order valence-corrected chi connectivity index (χ3v) is 5.17. The standard InChI is InChI=1S/C21H19N3O7S/c1-13(19(25)23-14-8-10-15(11-9-14)32(22,28)29)31-21(27)16-5-2-3-6-17(16)24-20(26)18-7-4-12-30-18/h2-13H,1H3,(H,23,25)(H,24,26)(H2,22,28,29)/t13-/m0/s1. The molecule has 0 saturated heterocycles. The number of nitrogens with two attached hydrogens (primary N) is 1. The van der Waals surface area contributed by atoms with Gasteiger partial charge < -0.3 is 19.8 Å². The smallest absolute Gasteiger partial charge is 0.341 e. The molecule has 1 aromatic heterocycles. The molecule has 0 fully saturated rings. The molecule has 3 aromatic rings. The Bertz CT molecular complexity index is 1240. The van der Waals surface area contributed by atoms with Crippen LogP contribution in [0.3, 0.4) is 0 Å². The van der Waals surface area contributed by atoms with Crippen molar-refractivity contribution in [2.45, 2.75) is 17.9 Å². The van der Waals surface area contributed by atoms with Crippen molar-refractivity contribution in [3.05, 3.63) is 78.3 Å². The maximum atomic E-state index is 12.6. The van der Waals surface area contributed by atoms with E-state index in [1.807, 2.05) is 0 Å². The molecule has 1 heterocycles. The monoisotopic (exact) mass is 457 g/mol. The lowest BCUT2D eigenvalue weighted by molar-refractivity contribution is -0.123. The van der Waals surface area contributed by atoms with Gasteiger partial charge in [0.15, 0.2) is 11.9 Å². The van der Waals surface area contributed by atoms with E-state index in [2.05, 4.69) is 10.6 Å². The summed E-state index contributed by atoms with van der Waals surface area (Å²) >= 11 is 0. The van der Waals surface area contributed by atoms with Gasteiger partial charge in [0.1, 0.15) is 0 Å². The molecule has 2 aromatic carbocycles. The van der Waals surface area contributed by atoms with E-state index in [1.165, 1.54) is 55.7 Å². The minimum atomic E-state index is -3.86. The first-order valence-electron chi connectivity index (χ1n) is 9.24. The summed E-state index contributed by atoms with van der Waals surface area (Å²) in [7, 11) is -3.86. The van der Waals surface area contributed by atoms with Crippen LogP contribution in [0.5, 0.6) is 0 Å². The summed E-state index contributed by atoms with van der Waals surface area (Å²) in [6.07, 6.45) is 0.159. The lowest BCUT2D eigenvalue weighted by atomic mass is 10.1. The lowest BCUT2D eigenvalue weighted by Crippen LogP contribution is -2.30. The number of primary sulfonamides is 1. The molecule has 0 aliphatic rings. The molecule has 0 unspecified atom stereocenters. The number of rotatable bonds is 7. The van der Waals surface area contributed by atoms with Crippen molar-refractivity contribution in [3.8, 4) is 0 Å². The van der Waals surface area contributed by atoms with Crippen molar-refractivity contribution in [2.24, 2.45) is 5.14 Å². The van der Waals surface area contributed by atoms with Crippen molar-refractivity contribution in [1.29, 1.82) is 0 Å². The van der Waals surface area contributed by atoms with Crippen LogP contribution in [0, 0.1) is 0 Å². The van der Waals surface area contributed by atoms with Gasteiger partial charge in [0.05, 0.1) is 22.4 Å². The molecule has 10 nitrogen and oxygen atoms in total. The van der Waals surface area contributed by atoms with Crippen molar-refractivity contribution >= 4 is 39.2 Å². The molecule has 0 aliphatic carbocycles. The fourth-order valence-electron chi connectivity index (χ4n) is 2.61. The Kier molecular flexibility index (Phi) is 6.71. The van der Waals surface area contributed by atoms with Crippen molar-refractivity contribution < 1.29 is 32.0 Å². The summed E-state index contributed by atoms with van der Waals surface area (Å²) in [6.45, 7) is 1.37. The molecule has 0 saturated carbocycles. The zero-order chi connectivity index (χ0) is 23.3. The maximum absolute atomic E-state index is 12.6. The quantitative estimate of drug-likeness (QED) is 0.459. The van der Waals surface area contributed by atoms with E-state index in [1.54, 1.807) is 18.2 Å². The third-order valence-electron chi connectivity index (χ3n) is 4.24. The number of anilines is 2. The van der Waals surface area contributed by atoms with Gasteiger partial charge in [-0.3, -0.25) is 9.59 Å². The number of sulfonamides is 1. The second kappa shape index (κ2) is 9.45. The van der Waals surface area contributed by atoms with E-state index in [0.717, 1.165) is 0 Å². The van der Waals surface area contributed by atoms with Gasteiger partial charge in [0.2, 0.25) is 10.0 Å². The minimum absolute atomic E-state index is 0.0459. The van der Waals surface area contributed by atoms with Gasteiger partial charge in [0, 0.05) is 5.69 Å². The first kappa shape index (κ1) is 22.7. The number of benzene rings is 2. The number of ether oxygens (including phenoxy) is 1. The maximum Gasteiger partial charge on any atom is 0.341 e. The van der Waals surface area contributed by atoms with Crippen LogP contribution < -0.4 is 15.8 Å². The molecule has 0 aliphatic heterocycles. The summed E-state index contributed by atoms with van der Waals surface area (Å²) in [4.78, 5) is 37.1. The van der Waals surface area contributed by atoms with Gasteiger partial charge in [-0.25, -0.2) is 18.4 Å². The van der Waals surface area contributed by atoms with Crippen LogP contribution in [0.4, 0.5) is 11.4 Å². The molecule has 4 N–H and O–H groups in total. The number of esters is 1. The number of hydrogen-bond donors (Lipinski definition) is 3. The van der Waals surface area contributed by atoms with E-state index in [-0.39, 0.29) is 27.6 Å². The van der Waals surface area contributed by atoms with Crippen molar-refractivity contribution in [3.63, 3.8) is 0 Å². The Balaban J connectivity index is 1.65. The molecule has 11 heteroatoms. The normalized spacial score (nSPS) is 11.9. The third kappa shape index (κ3) is 5.59. The summed E-state index contributed by atoms with van der Waals surface area (Å²) in [5.41, 5.74) is 0.520. The van der Waals surface area contributed by atoms with Crippen LogP contribution >= 0.6 is 0 Å². The molecule has 0 bridgehead atoms. The van der Waals surface area contributed by atoms with Crippen LogP contribution in [-0.4, -0.2) is 32.3 Å². The lowest BCUT2D eigenvalue weighted by Gasteiger charge is -2.15. The zero-order valence-corrected chi connectivity index (χ0v) is 17.6. The van der Waals surface area contributed by atoms with E-state index < -0.39 is 33.9 Å². The van der Waals surface area contributed by atoms with Crippen LogP contribution in [-0.2, 0) is 19.6 Å². The fourth-order valence-corrected chi connectivity index (χ4v) is 3.13. The van der Waals surface area contributed by atoms with Gasteiger partial charge in [-0.15, -0.1) is 0 Å². The molecular weight excluding hydrogens is 438 g/mol. The molecule has 32 heavy (non-hydrogen) atoms. The average Bonchev–Trinajstić information content (AvgIpc) is 3.29. The zero-order valence-electron chi connectivity index (χ0n) is 16.8. The molecule has 0 radical (unpaired) electrons.